The van der Waals surface area contributed by atoms with E-state index >= 15 is 0 Å². The Hall–Kier alpha value is -0.0500. The second-order valence-electron chi connectivity index (χ2n) is 3.64. The van der Waals surface area contributed by atoms with Crippen molar-refractivity contribution in [3.05, 3.63) is 11.1 Å². The van der Waals surface area contributed by atoms with Crippen LogP contribution in [0.1, 0.15) is 20.8 Å². The first-order valence-corrected chi connectivity index (χ1v) is 5.03. The number of hydrogen-bond donors (Lipinski definition) is 1. The molecule has 0 saturated heterocycles. The Kier molecular flexibility index (Phi) is 7.33. The average molecular weight is 206 g/mol. The molecule has 1 unspecified atom stereocenters. The quantitative estimate of drug-likeness (QED) is 0.719. The van der Waals surface area contributed by atoms with Crippen LogP contribution in [0.2, 0.25) is 0 Å². The zero-order valence-corrected chi connectivity index (χ0v) is 9.69. The number of halogens is 1. The molecule has 0 bridgehead atoms. The Balaban J connectivity index is 3.82. The molecule has 0 aliphatic rings. The fourth-order valence-electron chi connectivity index (χ4n) is 0.997. The Morgan fingerprint density at radius 1 is 1.54 bits per heavy atom. The van der Waals surface area contributed by atoms with Gasteiger partial charge < -0.3 is 10.1 Å². The summed E-state index contributed by atoms with van der Waals surface area (Å²) in [5.74, 6) is 0.572. The SMILES string of the molecule is COCC(NCC(C)=CCl)C(C)C. The Morgan fingerprint density at radius 3 is 2.54 bits per heavy atom. The molecule has 0 spiro atoms. The van der Waals surface area contributed by atoms with E-state index in [2.05, 4.69) is 19.2 Å². The van der Waals surface area contributed by atoms with Crippen LogP contribution in [0.15, 0.2) is 11.1 Å². The van der Waals surface area contributed by atoms with E-state index in [1.54, 1.807) is 12.6 Å². The lowest BCUT2D eigenvalue weighted by Gasteiger charge is -2.21. The largest absolute Gasteiger partial charge is 0.383 e. The van der Waals surface area contributed by atoms with Crippen LogP contribution in [0.25, 0.3) is 0 Å². The minimum atomic E-state index is 0.400. The lowest BCUT2D eigenvalue weighted by molar-refractivity contribution is 0.149. The van der Waals surface area contributed by atoms with Crippen molar-refractivity contribution in [2.45, 2.75) is 26.8 Å². The summed E-state index contributed by atoms with van der Waals surface area (Å²) in [6.07, 6.45) is 0. The lowest BCUT2D eigenvalue weighted by atomic mass is 10.1. The van der Waals surface area contributed by atoms with Crippen LogP contribution in [0, 0.1) is 5.92 Å². The van der Waals surface area contributed by atoms with Gasteiger partial charge in [0.1, 0.15) is 0 Å². The lowest BCUT2D eigenvalue weighted by Crippen LogP contribution is -2.38. The van der Waals surface area contributed by atoms with Crippen molar-refractivity contribution in [2.24, 2.45) is 5.92 Å². The summed E-state index contributed by atoms with van der Waals surface area (Å²) in [4.78, 5) is 0. The number of hydrogen-bond acceptors (Lipinski definition) is 2. The molecule has 0 aliphatic heterocycles. The summed E-state index contributed by atoms with van der Waals surface area (Å²) in [6, 6.07) is 0.400. The Labute approximate surface area is 86.3 Å². The van der Waals surface area contributed by atoms with Crippen molar-refractivity contribution in [3.8, 4) is 0 Å². The van der Waals surface area contributed by atoms with Gasteiger partial charge in [-0.3, -0.25) is 0 Å². The van der Waals surface area contributed by atoms with E-state index in [1.165, 1.54) is 0 Å². The first kappa shape index (κ1) is 12.9. The van der Waals surface area contributed by atoms with Gasteiger partial charge in [-0.05, 0) is 18.4 Å². The summed E-state index contributed by atoms with van der Waals surface area (Å²) >= 11 is 5.56. The molecule has 0 saturated carbocycles. The summed E-state index contributed by atoms with van der Waals surface area (Å²) < 4.78 is 5.12. The molecule has 1 N–H and O–H groups in total. The molecule has 0 aliphatic carbocycles. The van der Waals surface area contributed by atoms with E-state index in [0.29, 0.717) is 12.0 Å². The van der Waals surface area contributed by atoms with Gasteiger partial charge in [-0.2, -0.15) is 0 Å². The number of nitrogens with one attached hydrogen (secondary N) is 1. The van der Waals surface area contributed by atoms with E-state index in [0.717, 1.165) is 18.7 Å². The predicted molar refractivity (Wildman–Crippen MR) is 58.1 cm³/mol. The highest BCUT2D eigenvalue weighted by atomic mass is 35.5. The van der Waals surface area contributed by atoms with Gasteiger partial charge in [0.05, 0.1) is 6.61 Å². The molecular formula is C10H20ClNO. The van der Waals surface area contributed by atoms with Crippen LogP contribution in [0.4, 0.5) is 0 Å². The van der Waals surface area contributed by atoms with E-state index < -0.39 is 0 Å². The summed E-state index contributed by atoms with van der Waals surface area (Å²) in [6.45, 7) is 7.93. The third kappa shape index (κ3) is 6.08. The number of methoxy groups -OCH3 is 1. The highest BCUT2D eigenvalue weighted by Crippen LogP contribution is 2.03. The normalized spacial score (nSPS) is 15.1. The molecule has 0 radical (unpaired) electrons. The highest BCUT2D eigenvalue weighted by Gasteiger charge is 2.11. The highest BCUT2D eigenvalue weighted by molar-refractivity contribution is 6.25. The second kappa shape index (κ2) is 7.36. The van der Waals surface area contributed by atoms with Crippen LogP contribution >= 0.6 is 11.6 Å². The van der Waals surface area contributed by atoms with E-state index in [4.69, 9.17) is 16.3 Å². The standard InChI is InChI=1S/C10H20ClNO/c1-8(2)10(7-13-4)12-6-9(3)5-11/h5,8,10,12H,6-7H2,1-4H3. The molecule has 0 aromatic carbocycles. The average Bonchev–Trinajstić information content (AvgIpc) is 2.11. The molecule has 78 valence electrons. The maximum absolute atomic E-state index is 5.56. The number of ether oxygens (including phenoxy) is 1. The molecule has 0 rings (SSSR count). The van der Waals surface area contributed by atoms with Crippen LogP contribution in [-0.2, 0) is 4.74 Å². The van der Waals surface area contributed by atoms with Crippen LogP contribution in [0.3, 0.4) is 0 Å². The fourth-order valence-corrected chi connectivity index (χ4v) is 1.07. The van der Waals surface area contributed by atoms with Crippen molar-refractivity contribution in [1.82, 2.24) is 5.32 Å². The molecule has 0 aromatic heterocycles. The maximum atomic E-state index is 5.56. The Bertz CT molecular complexity index is 157. The van der Waals surface area contributed by atoms with Crippen molar-refractivity contribution in [2.75, 3.05) is 20.3 Å². The predicted octanol–water partition coefficient (Wildman–Crippen LogP) is 2.39. The van der Waals surface area contributed by atoms with Crippen LogP contribution in [0.5, 0.6) is 0 Å². The summed E-state index contributed by atoms with van der Waals surface area (Å²) in [5, 5.41) is 3.39. The molecule has 3 heteroatoms. The monoisotopic (exact) mass is 205 g/mol. The first-order valence-electron chi connectivity index (χ1n) is 4.60. The summed E-state index contributed by atoms with van der Waals surface area (Å²) in [7, 11) is 1.72. The molecule has 0 aromatic rings. The van der Waals surface area contributed by atoms with Crippen molar-refractivity contribution >= 4 is 11.6 Å². The van der Waals surface area contributed by atoms with Gasteiger partial charge in [0.25, 0.3) is 0 Å². The molecule has 2 nitrogen and oxygen atoms in total. The van der Waals surface area contributed by atoms with E-state index in [-0.39, 0.29) is 0 Å². The van der Waals surface area contributed by atoms with Gasteiger partial charge in [-0.15, -0.1) is 0 Å². The molecular weight excluding hydrogens is 186 g/mol. The van der Waals surface area contributed by atoms with Gasteiger partial charge in [0.2, 0.25) is 0 Å². The Morgan fingerprint density at radius 2 is 2.15 bits per heavy atom. The zero-order chi connectivity index (χ0) is 10.3. The van der Waals surface area contributed by atoms with Gasteiger partial charge in [0, 0.05) is 25.2 Å². The van der Waals surface area contributed by atoms with Gasteiger partial charge in [0.15, 0.2) is 0 Å². The zero-order valence-electron chi connectivity index (χ0n) is 8.93. The van der Waals surface area contributed by atoms with Gasteiger partial charge in [-0.1, -0.05) is 25.4 Å². The van der Waals surface area contributed by atoms with Crippen molar-refractivity contribution < 1.29 is 4.74 Å². The molecule has 13 heavy (non-hydrogen) atoms. The summed E-state index contributed by atoms with van der Waals surface area (Å²) in [5.41, 5.74) is 2.75. The first-order chi connectivity index (χ1) is 6.11. The molecule has 1 atom stereocenters. The van der Waals surface area contributed by atoms with Crippen LogP contribution < -0.4 is 5.32 Å². The van der Waals surface area contributed by atoms with E-state index in [9.17, 15) is 0 Å². The van der Waals surface area contributed by atoms with E-state index in [1.807, 2.05) is 6.92 Å². The second-order valence-corrected chi connectivity index (χ2v) is 3.86. The van der Waals surface area contributed by atoms with Gasteiger partial charge in [-0.25, -0.2) is 0 Å². The maximum Gasteiger partial charge on any atom is 0.0618 e. The number of rotatable bonds is 6. The third-order valence-electron chi connectivity index (χ3n) is 1.98. The fraction of sp³-hybridized carbons (Fsp3) is 0.800. The molecule has 0 amide bonds. The molecule has 0 fully saturated rings. The van der Waals surface area contributed by atoms with Gasteiger partial charge >= 0.3 is 0 Å². The van der Waals surface area contributed by atoms with Crippen molar-refractivity contribution in [3.63, 3.8) is 0 Å². The minimum Gasteiger partial charge on any atom is -0.383 e. The van der Waals surface area contributed by atoms with Crippen molar-refractivity contribution in [1.29, 1.82) is 0 Å². The van der Waals surface area contributed by atoms with Crippen LogP contribution in [-0.4, -0.2) is 26.3 Å². The minimum absolute atomic E-state index is 0.400. The smallest absolute Gasteiger partial charge is 0.0618 e. The topological polar surface area (TPSA) is 21.3 Å². The third-order valence-corrected chi connectivity index (χ3v) is 2.35. The molecule has 0 heterocycles.